The normalized spacial score (nSPS) is 24.1. The number of ether oxygens (including phenoxy) is 1. The van der Waals surface area contributed by atoms with Gasteiger partial charge in [0, 0.05) is 23.1 Å². The van der Waals surface area contributed by atoms with Crippen LogP contribution in [0.4, 0.5) is 18.0 Å². The number of halogens is 4. The number of fused-ring (bicyclic) bond motifs is 8. The van der Waals surface area contributed by atoms with Crippen LogP contribution in [-0.2, 0) is 17.3 Å². The molecule has 11 heteroatoms. The van der Waals surface area contributed by atoms with Crippen molar-refractivity contribution in [3.63, 3.8) is 0 Å². The fourth-order valence-corrected chi connectivity index (χ4v) is 8.07. The maximum absolute atomic E-state index is 14.4. The van der Waals surface area contributed by atoms with Gasteiger partial charge in [0.1, 0.15) is 5.76 Å². The first-order valence-corrected chi connectivity index (χ1v) is 18.1. The molecule has 7 nitrogen and oxygen atoms in total. The lowest BCUT2D eigenvalue weighted by Crippen LogP contribution is -2.54. The Morgan fingerprint density at radius 2 is 1.84 bits per heavy atom. The van der Waals surface area contributed by atoms with Gasteiger partial charge in [-0.3, -0.25) is 4.79 Å². The summed E-state index contributed by atoms with van der Waals surface area (Å²) in [5.74, 6) is -0.851. The molecular weight excluding hydrogens is 683 g/mol. The third-order valence-corrected chi connectivity index (χ3v) is 11.1. The van der Waals surface area contributed by atoms with Gasteiger partial charge in [-0.2, -0.15) is 13.2 Å². The molecule has 0 radical (unpaired) electrons. The number of amides is 1. The maximum atomic E-state index is 14.4. The van der Waals surface area contributed by atoms with Crippen LogP contribution in [0.3, 0.4) is 0 Å². The molecule has 51 heavy (non-hydrogen) atoms. The number of hydrogen-bond acceptors (Lipinski definition) is 6. The second-order valence-corrected chi connectivity index (χ2v) is 14.7. The van der Waals surface area contributed by atoms with Gasteiger partial charge < -0.3 is 24.3 Å². The number of benzene rings is 2. The Hall–Kier alpha value is -3.60. The number of carbonyl (C=O) groups is 2. The van der Waals surface area contributed by atoms with Crippen molar-refractivity contribution in [2.45, 2.75) is 103 Å². The summed E-state index contributed by atoms with van der Waals surface area (Å²) in [5, 5.41) is 23.6. The van der Waals surface area contributed by atoms with E-state index in [-0.39, 0.29) is 41.2 Å². The lowest BCUT2D eigenvalue weighted by molar-refractivity contribution is -0.137. The SMILES string of the molecule is CCCN(C[C@]1(O)CC[C@H]2c3ccc(cc3C(=O)c3ccc(-c4cc(C(F)(F)F)ccc4Cl)o3)C[C@@H](O)CCC(C)=CCC[C@@]21C)C(=O)OCC. The van der Waals surface area contributed by atoms with Crippen molar-refractivity contribution >= 4 is 23.5 Å². The number of aliphatic hydroxyl groups excluding tert-OH is 1. The van der Waals surface area contributed by atoms with Gasteiger partial charge in [-0.05, 0) is 119 Å². The van der Waals surface area contributed by atoms with Crippen molar-refractivity contribution in [3.8, 4) is 11.3 Å². The zero-order chi connectivity index (χ0) is 37.1. The maximum Gasteiger partial charge on any atom is 0.416 e. The van der Waals surface area contributed by atoms with Crippen LogP contribution in [0, 0.1) is 5.41 Å². The summed E-state index contributed by atoms with van der Waals surface area (Å²) in [7, 11) is 0. The lowest BCUT2D eigenvalue weighted by atomic mass is 9.64. The van der Waals surface area contributed by atoms with Crippen LogP contribution in [0.25, 0.3) is 11.3 Å². The zero-order valence-corrected chi connectivity index (χ0v) is 30.4. The molecule has 6 rings (SSSR count). The Morgan fingerprint density at radius 3 is 2.55 bits per heavy atom. The molecule has 0 spiro atoms. The highest BCUT2D eigenvalue weighted by atomic mass is 35.5. The fourth-order valence-electron chi connectivity index (χ4n) is 7.86. The van der Waals surface area contributed by atoms with E-state index in [1.54, 1.807) is 17.9 Å². The van der Waals surface area contributed by atoms with Crippen molar-refractivity contribution in [2.75, 3.05) is 19.7 Å². The van der Waals surface area contributed by atoms with E-state index in [4.69, 9.17) is 20.8 Å². The molecule has 1 saturated carbocycles. The molecule has 3 aliphatic rings. The first-order chi connectivity index (χ1) is 24.1. The van der Waals surface area contributed by atoms with Crippen molar-refractivity contribution < 1.29 is 42.1 Å². The van der Waals surface area contributed by atoms with Crippen molar-refractivity contribution in [3.05, 3.63) is 93.2 Å². The Labute approximate surface area is 302 Å². The van der Waals surface area contributed by atoms with Gasteiger partial charge in [0.25, 0.3) is 0 Å². The Balaban J connectivity index is 1.60. The van der Waals surface area contributed by atoms with Crippen molar-refractivity contribution in [2.24, 2.45) is 5.41 Å². The number of aliphatic hydroxyl groups is 2. The van der Waals surface area contributed by atoms with Gasteiger partial charge in [-0.25, -0.2) is 4.79 Å². The minimum Gasteiger partial charge on any atom is -0.453 e. The fraction of sp³-hybridized carbons (Fsp3) is 0.500. The molecule has 3 aliphatic carbocycles. The molecule has 3 aromatic rings. The number of alkyl halides is 3. The van der Waals surface area contributed by atoms with E-state index in [1.807, 2.05) is 32.9 Å². The molecule has 0 saturated heterocycles. The van der Waals surface area contributed by atoms with E-state index >= 15 is 0 Å². The average Bonchev–Trinajstić information content (AvgIpc) is 3.66. The molecule has 2 aromatic carbocycles. The van der Waals surface area contributed by atoms with Gasteiger partial charge in [0.05, 0.1) is 35.4 Å². The quantitative estimate of drug-likeness (QED) is 0.177. The number of carbonyl (C=O) groups excluding carboxylic acids is 2. The van der Waals surface area contributed by atoms with Crippen LogP contribution in [0.2, 0.25) is 5.02 Å². The van der Waals surface area contributed by atoms with Crippen LogP contribution in [0.5, 0.6) is 0 Å². The molecule has 4 atom stereocenters. The first kappa shape index (κ1) is 38.6. The van der Waals surface area contributed by atoms with E-state index in [0.717, 1.165) is 29.3 Å². The molecule has 1 amide bonds. The lowest BCUT2D eigenvalue weighted by Gasteiger charge is -2.46. The summed E-state index contributed by atoms with van der Waals surface area (Å²) in [5.41, 5.74) is -0.0795. The molecule has 1 heterocycles. The summed E-state index contributed by atoms with van der Waals surface area (Å²) in [6.45, 7) is 8.47. The number of nitrogens with zero attached hydrogens (tertiary/aromatic N) is 1. The second-order valence-electron chi connectivity index (χ2n) is 14.3. The van der Waals surface area contributed by atoms with Gasteiger partial charge in [-0.1, -0.05) is 49.2 Å². The van der Waals surface area contributed by atoms with Gasteiger partial charge >= 0.3 is 12.3 Å². The Bertz CT molecular complexity index is 1770. The van der Waals surface area contributed by atoms with E-state index in [0.29, 0.717) is 69.0 Å². The molecule has 2 N–H and O–H groups in total. The highest BCUT2D eigenvalue weighted by Gasteiger charge is 2.57. The summed E-state index contributed by atoms with van der Waals surface area (Å²) in [6, 6.07) is 11.3. The number of ketones is 1. The number of rotatable bonds is 8. The highest BCUT2D eigenvalue weighted by Crippen LogP contribution is 2.59. The topological polar surface area (TPSA) is 100 Å². The van der Waals surface area contributed by atoms with E-state index in [2.05, 4.69) is 6.08 Å². The Morgan fingerprint density at radius 1 is 1.08 bits per heavy atom. The summed E-state index contributed by atoms with van der Waals surface area (Å²) < 4.78 is 51.9. The standard InChI is InChI=1S/C40H47ClF3NO6/c1-5-20-45(37(48)50-6-2)24-39(49)19-17-32-29-13-10-26(21-28(46)12-9-25(3)8-7-18-38(32,39)4)22-30(29)36(47)35-16-15-34(51-35)31-23-27(40(42,43)44)11-14-33(31)41/h8,10-11,13-16,22-23,28,32,46,49H,5-7,9,12,17-21,24H2,1-4H3/t28-,32-,38-,39+/m0/s1. The van der Waals surface area contributed by atoms with Crippen molar-refractivity contribution in [1.82, 2.24) is 4.90 Å². The molecular formula is C40H47ClF3NO6. The van der Waals surface area contributed by atoms with E-state index in [1.165, 1.54) is 12.1 Å². The number of hydrogen-bond donors (Lipinski definition) is 2. The molecule has 0 unspecified atom stereocenters. The molecule has 276 valence electrons. The monoisotopic (exact) mass is 729 g/mol. The van der Waals surface area contributed by atoms with Gasteiger partial charge in [0.2, 0.25) is 5.78 Å². The number of allylic oxidation sites excluding steroid dienone is 2. The third kappa shape index (κ3) is 8.23. The first-order valence-electron chi connectivity index (χ1n) is 17.7. The smallest absolute Gasteiger partial charge is 0.416 e. The van der Waals surface area contributed by atoms with Crippen LogP contribution in [0.15, 0.2) is 64.6 Å². The molecule has 1 fully saturated rings. The van der Waals surface area contributed by atoms with Gasteiger partial charge in [-0.15, -0.1) is 0 Å². The predicted molar refractivity (Wildman–Crippen MR) is 190 cm³/mol. The van der Waals surface area contributed by atoms with Crippen LogP contribution < -0.4 is 0 Å². The minimum absolute atomic E-state index is 0.00658. The predicted octanol–water partition coefficient (Wildman–Crippen LogP) is 9.76. The summed E-state index contributed by atoms with van der Waals surface area (Å²) >= 11 is 6.29. The minimum atomic E-state index is -4.60. The summed E-state index contributed by atoms with van der Waals surface area (Å²) in [6.07, 6.45) is 0.753. The zero-order valence-electron chi connectivity index (χ0n) is 29.6. The second kappa shape index (κ2) is 15.6. The van der Waals surface area contributed by atoms with Crippen LogP contribution >= 0.6 is 11.6 Å². The number of furan rings is 1. The van der Waals surface area contributed by atoms with E-state index < -0.39 is 40.7 Å². The highest BCUT2D eigenvalue weighted by molar-refractivity contribution is 6.33. The van der Waals surface area contributed by atoms with Crippen LogP contribution in [0.1, 0.15) is 111 Å². The van der Waals surface area contributed by atoms with Crippen LogP contribution in [-0.4, -0.2) is 58.4 Å². The molecule has 2 bridgehead atoms. The molecule has 0 aliphatic heterocycles. The Kier molecular flexibility index (Phi) is 11.8. The summed E-state index contributed by atoms with van der Waals surface area (Å²) in [4.78, 5) is 29.0. The molecule has 1 aromatic heterocycles. The van der Waals surface area contributed by atoms with Crippen molar-refractivity contribution in [1.29, 1.82) is 0 Å². The average molecular weight is 730 g/mol. The third-order valence-electron chi connectivity index (χ3n) is 10.8. The largest absolute Gasteiger partial charge is 0.453 e. The van der Waals surface area contributed by atoms with Gasteiger partial charge in [0.15, 0.2) is 5.76 Å². The van der Waals surface area contributed by atoms with E-state index in [9.17, 15) is 33.0 Å².